The number of hydrogen-bond acceptors (Lipinski definition) is 7. The quantitative estimate of drug-likeness (QED) is 0.291. The molecule has 4 rings (SSSR count). The molecule has 0 unspecified atom stereocenters. The van der Waals surface area contributed by atoms with Crippen LogP contribution in [0.5, 0.6) is 0 Å². The third kappa shape index (κ3) is 7.54. The molecule has 204 valence electrons. The second-order valence-electron chi connectivity index (χ2n) is 9.03. The van der Waals surface area contributed by atoms with E-state index in [-0.39, 0.29) is 18.9 Å². The lowest BCUT2D eigenvalue weighted by Crippen LogP contribution is -3.11. The highest BCUT2D eigenvalue weighted by atomic mass is 32.2. The number of rotatable bonds is 8. The van der Waals surface area contributed by atoms with Gasteiger partial charge in [0.15, 0.2) is 4.32 Å². The molecule has 1 saturated heterocycles. The van der Waals surface area contributed by atoms with Crippen LogP contribution in [-0.4, -0.2) is 55.1 Å². The van der Waals surface area contributed by atoms with Crippen molar-refractivity contribution in [3.8, 4) is 0 Å². The Morgan fingerprint density at radius 3 is 2.18 bits per heavy atom. The molecule has 0 spiro atoms. The van der Waals surface area contributed by atoms with Crippen LogP contribution >= 0.6 is 24.0 Å². The molecule has 2 aliphatic rings. The van der Waals surface area contributed by atoms with E-state index in [1.165, 1.54) is 36.3 Å². The summed E-state index contributed by atoms with van der Waals surface area (Å²) in [6.07, 6.45) is 3.91. The van der Waals surface area contributed by atoms with Crippen molar-refractivity contribution in [3.63, 3.8) is 0 Å². The fourth-order valence-electron chi connectivity index (χ4n) is 4.29. The van der Waals surface area contributed by atoms with Gasteiger partial charge in [-0.25, -0.2) is 8.42 Å². The second-order valence-corrected chi connectivity index (χ2v) is 12.2. The molecule has 2 aromatic carbocycles. The molecular formula is C28H35N3O4S3. The average Bonchev–Trinajstić information content (AvgIpc) is 3.19. The zero-order valence-electron chi connectivity index (χ0n) is 22.3. The summed E-state index contributed by atoms with van der Waals surface area (Å²) in [5, 5.41) is 0. The van der Waals surface area contributed by atoms with Gasteiger partial charge in [0, 0.05) is 18.0 Å². The Kier molecular flexibility index (Phi) is 10.7. The minimum absolute atomic E-state index is 0.149. The summed E-state index contributed by atoms with van der Waals surface area (Å²) < 4.78 is 33.7. The molecule has 0 aromatic heterocycles. The van der Waals surface area contributed by atoms with Gasteiger partial charge in [-0.15, -0.1) is 0 Å². The van der Waals surface area contributed by atoms with Crippen LogP contribution in [-0.2, 0) is 14.9 Å². The highest BCUT2D eigenvalue weighted by Gasteiger charge is 2.37. The molecule has 2 aromatic rings. The molecular weight excluding hydrogens is 539 g/mol. The molecule has 0 atom stereocenters. The van der Waals surface area contributed by atoms with Crippen molar-refractivity contribution in [2.75, 3.05) is 41.7 Å². The van der Waals surface area contributed by atoms with Gasteiger partial charge in [0.2, 0.25) is 0 Å². The van der Waals surface area contributed by atoms with Crippen LogP contribution in [0.1, 0.15) is 38.3 Å². The van der Waals surface area contributed by atoms with E-state index in [1.54, 1.807) is 4.90 Å². The molecule has 0 radical (unpaired) electrons. The topological polar surface area (TPSA) is 85.2 Å². The van der Waals surface area contributed by atoms with E-state index in [1.807, 2.05) is 72.5 Å². The smallest absolute Gasteiger partial charge is 0.272 e. The Hall–Kier alpha value is -2.50. The van der Waals surface area contributed by atoms with Crippen molar-refractivity contribution in [3.05, 3.63) is 76.3 Å². The fourth-order valence-corrected chi connectivity index (χ4v) is 6.13. The number of thiocarbonyl (C=S) groups is 1. The van der Waals surface area contributed by atoms with Crippen LogP contribution < -0.4 is 14.7 Å². The number of allylic oxidation sites excluding steroid dienone is 1. The molecule has 2 aliphatic heterocycles. The number of nitrogens with one attached hydrogen (secondary N) is 1. The van der Waals surface area contributed by atoms with Crippen molar-refractivity contribution < 1.29 is 22.7 Å². The van der Waals surface area contributed by atoms with Gasteiger partial charge in [0.05, 0.1) is 41.1 Å². The highest BCUT2D eigenvalue weighted by molar-refractivity contribution is 8.27. The van der Waals surface area contributed by atoms with Crippen LogP contribution in [0.4, 0.5) is 11.4 Å². The van der Waals surface area contributed by atoms with Crippen molar-refractivity contribution in [2.24, 2.45) is 0 Å². The molecule has 1 N–H and O–H groups in total. The van der Waals surface area contributed by atoms with Gasteiger partial charge < -0.3 is 14.4 Å². The standard InChI is InChI=1S/C22H20N2O4S3.C6H15N/c1-15-7-10-17(11-8-15)24-21(25)20(30-22(24)29)19-12-9-16-5-2-3-6-18(16)23(19)13-4-14-31(26,27)28;1-4-7(5-2)6-3/h2-3,5-12H,4,13-14H2,1H3,(H,26,27,28);4-6H2,1-3H3/b20-19-;. The van der Waals surface area contributed by atoms with Gasteiger partial charge in [-0.1, -0.05) is 66.0 Å². The summed E-state index contributed by atoms with van der Waals surface area (Å²) in [5.74, 6) is -0.688. The Labute approximate surface area is 235 Å². The highest BCUT2D eigenvalue weighted by Crippen LogP contribution is 2.41. The van der Waals surface area contributed by atoms with Crippen LogP contribution in [0.3, 0.4) is 0 Å². The van der Waals surface area contributed by atoms with Crippen molar-refractivity contribution >= 4 is 61.8 Å². The van der Waals surface area contributed by atoms with Gasteiger partial charge >= 0.3 is 0 Å². The van der Waals surface area contributed by atoms with Crippen molar-refractivity contribution in [1.82, 2.24) is 0 Å². The molecule has 10 heteroatoms. The van der Waals surface area contributed by atoms with E-state index >= 15 is 0 Å². The number of anilines is 2. The van der Waals surface area contributed by atoms with E-state index < -0.39 is 15.9 Å². The normalized spacial score (nSPS) is 17.1. The predicted octanol–water partition coefficient (Wildman–Crippen LogP) is 3.97. The number of amides is 1. The largest absolute Gasteiger partial charge is 0.748 e. The summed E-state index contributed by atoms with van der Waals surface area (Å²) in [6, 6.07) is 15.2. The average molecular weight is 574 g/mol. The SMILES string of the molecule is CC[NH+](CC)CC.Cc1ccc(N2C(=O)/C(=C3\C=Cc4ccccc4N3CCCS(=O)(=O)[O-])SC2=S)cc1. The monoisotopic (exact) mass is 573 g/mol. The number of nitrogens with zero attached hydrogens (tertiary/aromatic N) is 2. The van der Waals surface area contributed by atoms with Crippen molar-refractivity contribution in [1.29, 1.82) is 0 Å². The molecule has 1 amide bonds. The number of thioether (sulfide) groups is 1. The number of carbonyl (C=O) groups is 1. The lowest BCUT2D eigenvalue weighted by atomic mass is 10.0. The van der Waals surface area contributed by atoms with E-state index in [0.29, 0.717) is 20.6 Å². The Morgan fingerprint density at radius 1 is 0.974 bits per heavy atom. The van der Waals surface area contributed by atoms with E-state index in [0.717, 1.165) is 16.8 Å². The second kappa shape index (κ2) is 13.5. The Morgan fingerprint density at radius 2 is 1.61 bits per heavy atom. The zero-order chi connectivity index (χ0) is 27.9. The van der Waals surface area contributed by atoms with Gasteiger partial charge in [0.1, 0.15) is 4.91 Å². The van der Waals surface area contributed by atoms with Gasteiger partial charge in [0.25, 0.3) is 5.91 Å². The minimum atomic E-state index is -4.32. The first-order valence-corrected chi connectivity index (χ1v) is 15.6. The summed E-state index contributed by atoms with van der Waals surface area (Å²) in [7, 11) is -4.32. The van der Waals surface area contributed by atoms with E-state index in [2.05, 4.69) is 20.8 Å². The maximum absolute atomic E-state index is 13.3. The number of carbonyl (C=O) groups excluding carboxylic acids is 1. The van der Waals surface area contributed by atoms with E-state index in [4.69, 9.17) is 12.2 Å². The van der Waals surface area contributed by atoms with Crippen LogP contribution in [0.15, 0.2) is 65.2 Å². The van der Waals surface area contributed by atoms with E-state index in [9.17, 15) is 17.8 Å². The summed E-state index contributed by atoms with van der Waals surface area (Å²) in [5.41, 5.74) is 4.23. The molecule has 1 fully saturated rings. The molecule has 2 heterocycles. The summed E-state index contributed by atoms with van der Waals surface area (Å²) in [6.45, 7) is 12.7. The van der Waals surface area contributed by atoms with Gasteiger partial charge in [-0.2, -0.15) is 0 Å². The van der Waals surface area contributed by atoms with Gasteiger partial charge in [-0.3, -0.25) is 9.69 Å². The number of para-hydroxylation sites is 1. The number of aryl methyl sites for hydroxylation is 1. The lowest BCUT2D eigenvalue weighted by Gasteiger charge is -2.31. The number of hydrogen-bond donors (Lipinski definition) is 1. The number of fused-ring (bicyclic) bond motifs is 1. The van der Waals surface area contributed by atoms with Crippen LogP contribution in [0, 0.1) is 6.92 Å². The van der Waals surface area contributed by atoms with Crippen LogP contribution in [0.2, 0.25) is 0 Å². The minimum Gasteiger partial charge on any atom is -0.748 e. The lowest BCUT2D eigenvalue weighted by molar-refractivity contribution is -0.894. The third-order valence-electron chi connectivity index (χ3n) is 6.51. The fraction of sp³-hybridized carbons (Fsp3) is 0.357. The first-order chi connectivity index (χ1) is 18.1. The van der Waals surface area contributed by atoms with Crippen LogP contribution in [0.25, 0.3) is 6.08 Å². The first-order valence-electron chi connectivity index (χ1n) is 12.8. The maximum atomic E-state index is 13.3. The maximum Gasteiger partial charge on any atom is 0.272 e. The molecule has 0 aliphatic carbocycles. The van der Waals surface area contributed by atoms with Gasteiger partial charge in [-0.05, 0) is 64.0 Å². The molecule has 7 nitrogen and oxygen atoms in total. The Balaban J connectivity index is 0.000000505. The summed E-state index contributed by atoms with van der Waals surface area (Å²) >= 11 is 6.72. The molecule has 0 saturated carbocycles. The van der Waals surface area contributed by atoms with Crippen molar-refractivity contribution in [2.45, 2.75) is 34.1 Å². The number of benzene rings is 2. The molecule has 38 heavy (non-hydrogen) atoms. The number of quaternary nitrogens is 1. The zero-order valence-corrected chi connectivity index (χ0v) is 24.7. The Bertz CT molecular complexity index is 1310. The summed E-state index contributed by atoms with van der Waals surface area (Å²) in [4.78, 5) is 18.9. The predicted molar refractivity (Wildman–Crippen MR) is 160 cm³/mol. The molecule has 0 bridgehead atoms. The third-order valence-corrected chi connectivity index (χ3v) is 8.68. The first kappa shape index (κ1) is 30.0.